The maximum Gasteiger partial charge on any atom is 0.166 e. The SMILES string of the molecule is C=CCN1CC[C@]23c4c5c6c(c(O)c4O[C@H]2[C@@H](OC)[C@@H]([C@](C)(O)C(C)(C)C)C[C@@H]3[C@H]1C5)CC6. The first-order chi connectivity index (χ1) is 15.6. The number of aromatic hydroxyl groups is 1. The highest BCUT2D eigenvalue weighted by Crippen LogP contribution is 2.68. The van der Waals surface area contributed by atoms with Crippen LogP contribution < -0.4 is 4.74 Å². The lowest BCUT2D eigenvalue weighted by atomic mass is 9.46. The average molecular weight is 454 g/mol. The molecule has 6 rings (SSSR count). The number of piperidine rings is 1. The standard InChI is InChI=1S/C28H39NO4/c1-7-11-29-12-10-28-18-14-19(27(5,31)26(2,3)4)23(32-6)25(28)33-24-21(28)17(13-20(18)29)15-8-9-16(15)22(24)30/h7,18-20,23,25,30-31H,1,8-14H2,2-6H3/t18-,19+,20-,23+,25+,27+,28+/m1/s1. The molecule has 5 nitrogen and oxygen atoms in total. The van der Waals surface area contributed by atoms with Gasteiger partial charge in [-0.1, -0.05) is 26.8 Å². The van der Waals surface area contributed by atoms with Crippen LogP contribution in [0.4, 0.5) is 0 Å². The summed E-state index contributed by atoms with van der Waals surface area (Å²) in [6.45, 7) is 14.3. The van der Waals surface area contributed by atoms with Crippen molar-refractivity contribution in [2.45, 2.75) is 89.1 Å². The molecule has 0 amide bonds. The molecule has 5 heteroatoms. The summed E-state index contributed by atoms with van der Waals surface area (Å²) in [6.07, 6.45) is 6.50. The third kappa shape index (κ3) is 2.49. The summed E-state index contributed by atoms with van der Waals surface area (Å²) in [7, 11) is 1.77. The van der Waals surface area contributed by atoms with Gasteiger partial charge in [-0.05, 0) is 68.0 Å². The van der Waals surface area contributed by atoms with Crippen molar-refractivity contribution >= 4 is 0 Å². The second kappa shape index (κ2) is 6.77. The summed E-state index contributed by atoms with van der Waals surface area (Å²) in [6, 6.07) is 0.395. The Bertz CT molecular complexity index is 1020. The van der Waals surface area contributed by atoms with Crippen LogP contribution in [-0.2, 0) is 29.4 Å². The quantitative estimate of drug-likeness (QED) is 0.680. The van der Waals surface area contributed by atoms with Crippen LogP contribution in [0.2, 0.25) is 0 Å². The highest BCUT2D eigenvalue weighted by Gasteiger charge is 2.70. The van der Waals surface area contributed by atoms with Crippen molar-refractivity contribution in [1.82, 2.24) is 4.90 Å². The zero-order valence-electron chi connectivity index (χ0n) is 20.8. The zero-order chi connectivity index (χ0) is 23.5. The Hall–Kier alpha value is -1.56. The van der Waals surface area contributed by atoms with E-state index in [4.69, 9.17) is 9.47 Å². The molecule has 2 fully saturated rings. The van der Waals surface area contributed by atoms with E-state index in [0.717, 1.165) is 56.5 Å². The number of hydrogen-bond donors (Lipinski definition) is 2. The average Bonchev–Trinajstić information content (AvgIpc) is 3.05. The van der Waals surface area contributed by atoms with E-state index < -0.39 is 5.60 Å². The fraction of sp³-hybridized carbons (Fsp3) is 0.714. The topological polar surface area (TPSA) is 62.2 Å². The smallest absolute Gasteiger partial charge is 0.166 e. The highest BCUT2D eigenvalue weighted by atomic mass is 16.5. The lowest BCUT2D eigenvalue weighted by Crippen LogP contribution is -2.71. The molecule has 2 heterocycles. The molecule has 3 aliphatic carbocycles. The minimum atomic E-state index is -0.919. The molecule has 33 heavy (non-hydrogen) atoms. The molecule has 180 valence electrons. The van der Waals surface area contributed by atoms with Crippen LogP contribution in [0, 0.1) is 17.3 Å². The van der Waals surface area contributed by atoms with E-state index in [-0.39, 0.29) is 29.0 Å². The predicted octanol–water partition coefficient (Wildman–Crippen LogP) is 3.75. The van der Waals surface area contributed by atoms with E-state index in [0.29, 0.717) is 17.7 Å². The normalized spacial score (nSPS) is 37.9. The van der Waals surface area contributed by atoms with E-state index in [1.807, 2.05) is 13.0 Å². The third-order valence-corrected chi connectivity index (χ3v) is 10.5. The third-order valence-electron chi connectivity index (χ3n) is 10.5. The Balaban J connectivity index is 1.57. The molecule has 2 N–H and O–H groups in total. The minimum absolute atomic E-state index is 0.0566. The minimum Gasteiger partial charge on any atom is -0.504 e. The van der Waals surface area contributed by atoms with Crippen LogP contribution in [0.1, 0.15) is 62.8 Å². The van der Waals surface area contributed by atoms with Gasteiger partial charge >= 0.3 is 0 Å². The molecular weight excluding hydrogens is 414 g/mol. The molecule has 5 aliphatic rings. The Morgan fingerprint density at radius 1 is 1.21 bits per heavy atom. The summed E-state index contributed by atoms with van der Waals surface area (Å²) >= 11 is 0. The Morgan fingerprint density at radius 2 is 1.94 bits per heavy atom. The molecule has 1 aromatic carbocycles. The van der Waals surface area contributed by atoms with Gasteiger partial charge in [-0.3, -0.25) is 4.90 Å². The first kappa shape index (κ1) is 21.9. The lowest BCUT2D eigenvalue weighted by Gasteiger charge is -2.63. The predicted molar refractivity (Wildman–Crippen MR) is 128 cm³/mol. The molecule has 1 spiro atoms. The number of ether oxygens (including phenoxy) is 2. The highest BCUT2D eigenvalue weighted by molar-refractivity contribution is 5.69. The fourth-order valence-electron chi connectivity index (χ4n) is 8.27. The van der Waals surface area contributed by atoms with Gasteiger partial charge in [0.05, 0.1) is 5.60 Å². The number of hydrogen-bond acceptors (Lipinski definition) is 5. The van der Waals surface area contributed by atoms with E-state index in [9.17, 15) is 10.2 Å². The van der Waals surface area contributed by atoms with Crippen LogP contribution in [-0.4, -0.2) is 59.2 Å². The first-order valence-electron chi connectivity index (χ1n) is 12.7. The van der Waals surface area contributed by atoms with Crippen molar-refractivity contribution in [2.24, 2.45) is 17.3 Å². The summed E-state index contributed by atoms with van der Waals surface area (Å²) in [5.41, 5.74) is 3.83. The first-order valence-corrected chi connectivity index (χ1v) is 12.7. The molecular formula is C28H39NO4. The van der Waals surface area contributed by atoms with Gasteiger partial charge in [0.15, 0.2) is 11.5 Å². The van der Waals surface area contributed by atoms with E-state index in [1.54, 1.807) is 7.11 Å². The van der Waals surface area contributed by atoms with Gasteiger partial charge in [-0.25, -0.2) is 0 Å². The van der Waals surface area contributed by atoms with Gasteiger partial charge in [-0.2, -0.15) is 0 Å². The van der Waals surface area contributed by atoms with E-state index >= 15 is 0 Å². The summed E-state index contributed by atoms with van der Waals surface area (Å²) in [5.74, 6) is 1.40. The Labute approximate surface area is 197 Å². The van der Waals surface area contributed by atoms with Crippen molar-refractivity contribution < 1.29 is 19.7 Å². The van der Waals surface area contributed by atoms with Crippen molar-refractivity contribution in [2.75, 3.05) is 20.2 Å². The van der Waals surface area contributed by atoms with Crippen molar-refractivity contribution in [3.8, 4) is 11.5 Å². The van der Waals surface area contributed by atoms with Crippen LogP contribution >= 0.6 is 0 Å². The summed E-state index contributed by atoms with van der Waals surface area (Å²) in [5, 5.41) is 23.1. The summed E-state index contributed by atoms with van der Waals surface area (Å²) < 4.78 is 13.0. The number of phenols is 1. The van der Waals surface area contributed by atoms with Gasteiger partial charge < -0.3 is 19.7 Å². The Morgan fingerprint density at radius 3 is 2.55 bits per heavy atom. The largest absolute Gasteiger partial charge is 0.504 e. The molecule has 0 aromatic heterocycles. The number of benzene rings is 1. The van der Waals surface area contributed by atoms with Crippen LogP contribution in [0.3, 0.4) is 0 Å². The number of likely N-dealkylation sites (tertiary alicyclic amines) is 1. The van der Waals surface area contributed by atoms with Gasteiger partial charge in [0.2, 0.25) is 0 Å². The van der Waals surface area contributed by atoms with Crippen LogP contribution in [0.5, 0.6) is 11.5 Å². The second-order valence-electron chi connectivity index (χ2n) is 12.4. The molecule has 0 radical (unpaired) electrons. The molecule has 2 aliphatic heterocycles. The molecule has 7 atom stereocenters. The number of fused-ring (bicyclic) bond motifs is 2. The number of methoxy groups -OCH3 is 1. The van der Waals surface area contributed by atoms with Crippen LogP contribution in [0.25, 0.3) is 0 Å². The van der Waals surface area contributed by atoms with Gasteiger partial charge in [0.1, 0.15) is 12.2 Å². The van der Waals surface area contributed by atoms with E-state index in [2.05, 4.69) is 32.3 Å². The number of nitrogens with zero attached hydrogens (tertiary/aromatic N) is 1. The molecule has 1 saturated carbocycles. The van der Waals surface area contributed by atoms with E-state index in [1.165, 1.54) is 16.7 Å². The maximum atomic E-state index is 11.9. The molecule has 0 unspecified atom stereocenters. The van der Waals surface area contributed by atoms with Crippen LogP contribution in [0.15, 0.2) is 12.7 Å². The molecule has 2 bridgehead atoms. The van der Waals surface area contributed by atoms with Crippen molar-refractivity contribution in [3.63, 3.8) is 0 Å². The lowest BCUT2D eigenvalue weighted by molar-refractivity contribution is -0.205. The van der Waals surface area contributed by atoms with Gasteiger partial charge in [0, 0.05) is 42.2 Å². The fourth-order valence-corrected chi connectivity index (χ4v) is 8.27. The van der Waals surface area contributed by atoms with Gasteiger partial charge in [-0.15, -0.1) is 6.58 Å². The van der Waals surface area contributed by atoms with Gasteiger partial charge in [0.25, 0.3) is 0 Å². The second-order valence-corrected chi connectivity index (χ2v) is 12.4. The Kier molecular flexibility index (Phi) is 4.50. The molecule has 1 saturated heterocycles. The maximum absolute atomic E-state index is 11.9. The number of phenolic OH excluding ortho intramolecular Hbond substituents is 1. The molecule has 1 aromatic rings. The summed E-state index contributed by atoms with van der Waals surface area (Å²) in [4.78, 5) is 2.61. The number of aliphatic hydroxyl groups is 1. The van der Waals surface area contributed by atoms with Crippen molar-refractivity contribution in [3.05, 3.63) is 34.9 Å². The zero-order valence-corrected chi connectivity index (χ0v) is 20.8. The number of rotatable bonds is 4. The monoisotopic (exact) mass is 453 g/mol. The van der Waals surface area contributed by atoms with Crippen molar-refractivity contribution in [1.29, 1.82) is 0 Å².